The molecule has 1 heterocycles. The Morgan fingerprint density at radius 1 is 1.24 bits per heavy atom. The fourth-order valence-electron chi connectivity index (χ4n) is 2.30. The van der Waals surface area contributed by atoms with Gasteiger partial charge in [-0.05, 0) is 5.56 Å². The highest BCUT2D eigenvalue weighted by Gasteiger charge is 2.28. The summed E-state index contributed by atoms with van der Waals surface area (Å²) >= 11 is 0. The van der Waals surface area contributed by atoms with Crippen molar-refractivity contribution in [2.24, 2.45) is 0 Å². The lowest BCUT2D eigenvalue weighted by molar-refractivity contribution is -0.121. The highest BCUT2D eigenvalue weighted by atomic mass is 16.2. The lowest BCUT2D eigenvalue weighted by Crippen LogP contribution is -2.34. The van der Waals surface area contributed by atoms with Crippen molar-refractivity contribution < 1.29 is 9.59 Å². The van der Waals surface area contributed by atoms with Gasteiger partial charge in [-0.3, -0.25) is 4.79 Å². The lowest BCUT2D eigenvalue weighted by Gasteiger charge is -2.18. The molecule has 3 amide bonds. The molecule has 1 N–H and O–H groups in total. The van der Waals surface area contributed by atoms with Crippen LogP contribution in [0.25, 0.3) is 0 Å². The zero-order valence-corrected chi connectivity index (χ0v) is 12.1. The van der Waals surface area contributed by atoms with Crippen LogP contribution in [0.2, 0.25) is 0 Å². The van der Waals surface area contributed by atoms with Crippen LogP contribution in [-0.2, 0) is 11.3 Å². The number of carbonyl (C=O) groups excluding carboxylic acids is 2. The Morgan fingerprint density at radius 2 is 1.95 bits per heavy atom. The van der Waals surface area contributed by atoms with Crippen molar-refractivity contribution in [2.45, 2.75) is 13.0 Å². The molecule has 1 aromatic carbocycles. The van der Waals surface area contributed by atoms with Gasteiger partial charge < -0.3 is 15.1 Å². The van der Waals surface area contributed by atoms with Crippen LogP contribution >= 0.6 is 0 Å². The Bertz CT molecular complexity index is 502. The number of hydrogen-bond donors (Lipinski definition) is 1. The molecule has 112 valence electrons. The van der Waals surface area contributed by atoms with Gasteiger partial charge in [0.25, 0.3) is 0 Å². The average molecular weight is 287 g/mol. The zero-order valence-electron chi connectivity index (χ0n) is 12.1. The predicted octanol–water partition coefficient (Wildman–Crippen LogP) is 1.62. The molecule has 5 nitrogen and oxygen atoms in total. The third kappa shape index (κ3) is 4.34. The third-order valence-electron chi connectivity index (χ3n) is 3.45. The SMILES string of the molecule is C=CCNC(=O)CCN1CCN(Cc2ccccc2)C1=O. The second kappa shape index (κ2) is 7.47. The van der Waals surface area contributed by atoms with Crippen LogP contribution in [0.3, 0.4) is 0 Å². The van der Waals surface area contributed by atoms with E-state index in [9.17, 15) is 9.59 Å². The van der Waals surface area contributed by atoms with E-state index in [4.69, 9.17) is 0 Å². The van der Waals surface area contributed by atoms with Gasteiger partial charge >= 0.3 is 6.03 Å². The Kier molecular flexibility index (Phi) is 5.37. The van der Waals surface area contributed by atoms with Crippen molar-refractivity contribution >= 4 is 11.9 Å². The summed E-state index contributed by atoms with van der Waals surface area (Å²) in [7, 11) is 0. The highest BCUT2D eigenvalue weighted by molar-refractivity contribution is 5.79. The number of urea groups is 1. The number of nitrogens with zero attached hydrogens (tertiary/aromatic N) is 2. The number of rotatable bonds is 7. The average Bonchev–Trinajstić information content (AvgIpc) is 2.85. The molecule has 1 aromatic rings. The molecule has 1 aliphatic heterocycles. The normalized spacial score (nSPS) is 14.4. The summed E-state index contributed by atoms with van der Waals surface area (Å²) < 4.78 is 0. The van der Waals surface area contributed by atoms with Gasteiger partial charge in [0.1, 0.15) is 0 Å². The monoisotopic (exact) mass is 287 g/mol. The Labute approximate surface area is 125 Å². The Balaban J connectivity index is 1.79. The smallest absolute Gasteiger partial charge is 0.320 e. The minimum Gasteiger partial charge on any atom is -0.353 e. The maximum absolute atomic E-state index is 12.2. The molecule has 0 saturated carbocycles. The third-order valence-corrected chi connectivity index (χ3v) is 3.45. The van der Waals surface area contributed by atoms with Crippen LogP contribution in [0.15, 0.2) is 43.0 Å². The van der Waals surface area contributed by atoms with E-state index < -0.39 is 0 Å². The van der Waals surface area contributed by atoms with Crippen LogP contribution in [-0.4, -0.2) is 47.9 Å². The van der Waals surface area contributed by atoms with Crippen molar-refractivity contribution in [1.29, 1.82) is 0 Å². The van der Waals surface area contributed by atoms with Gasteiger partial charge in [-0.1, -0.05) is 36.4 Å². The van der Waals surface area contributed by atoms with Crippen molar-refractivity contribution in [3.63, 3.8) is 0 Å². The maximum Gasteiger partial charge on any atom is 0.320 e. The van der Waals surface area contributed by atoms with Gasteiger partial charge in [0.2, 0.25) is 5.91 Å². The molecule has 5 heteroatoms. The molecule has 0 bridgehead atoms. The van der Waals surface area contributed by atoms with E-state index in [1.807, 2.05) is 35.2 Å². The van der Waals surface area contributed by atoms with E-state index >= 15 is 0 Å². The second-order valence-corrected chi connectivity index (χ2v) is 5.02. The van der Waals surface area contributed by atoms with Crippen LogP contribution in [0, 0.1) is 0 Å². The Hall–Kier alpha value is -2.30. The van der Waals surface area contributed by atoms with Gasteiger partial charge in [-0.15, -0.1) is 6.58 Å². The molecular formula is C16H21N3O2. The fraction of sp³-hybridized carbons (Fsp3) is 0.375. The topological polar surface area (TPSA) is 52.7 Å². The van der Waals surface area contributed by atoms with Crippen LogP contribution in [0.4, 0.5) is 4.79 Å². The molecule has 1 saturated heterocycles. The molecule has 0 aromatic heterocycles. The molecule has 0 unspecified atom stereocenters. The van der Waals surface area contributed by atoms with E-state index in [0.29, 0.717) is 39.1 Å². The second-order valence-electron chi connectivity index (χ2n) is 5.02. The minimum atomic E-state index is -0.0517. The molecule has 1 fully saturated rings. The molecular weight excluding hydrogens is 266 g/mol. The summed E-state index contributed by atoms with van der Waals surface area (Å²) in [5.74, 6) is -0.0517. The summed E-state index contributed by atoms with van der Waals surface area (Å²) in [5, 5.41) is 2.71. The van der Waals surface area contributed by atoms with Crippen LogP contribution < -0.4 is 5.32 Å². The maximum atomic E-state index is 12.2. The van der Waals surface area contributed by atoms with E-state index in [2.05, 4.69) is 11.9 Å². The summed E-state index contributed by atoms with van der Waals surface area (Å²) in [6.45, 7) is 6.49. The van der Waals surface area contributed by atoms with E-state index in [1.54, 1.807) is 11.0 Å². The predicted molar refractivity (Wildman–Crippen MR) is 81.6 cm³/mol. The van der Waals surface area contributed by atoms with E-state index in [-0.39, 0.29) is 11.9 Å². The molecule has 1 aliphatic rings. The molecule has 0 radical (unpaired) electrons. The van der Waals surface area contributed by atoms with Crippen molar-refractivity contribution in [3.8, 4) is 0 Å². The van der Waals surface area contributed by atoms with Crippen LogP contribution in [0.1, 0.15) is 12.0 Å². The Morgan fingerprint density at radius 3 is 2.67 bits per heavy atom. The quantitative estimate of drug-likeness (QED) is 0.775. The van der Waals surface area contributed by atoms with Crippen molar-refractivity contribution in [2.75, 3.05) is 26.2 Å². The number of amides is 3. The van der Waals surface area contributed by atoms with Gasteiger partial charge in [-0.25, -0.2) is 4.79 Å². The molecule has 0 aliphatic carbocycles. The van der Waals surface area contributed by atoms with Gasteiger partial charge in [-0.2, -0.15) is 0 Å². The molecule has 0 atom stereocenters. The zero-order chi connectivity index (χ0) is 15.1. The van der Waals surface area contributed by atoms with Gasteiger partial charge in [0.15, 0.2) is 0 Å². The highest BCUT2D eigenvalue weighted by Crippen LogP contribution is 2.13. The lowest BCUT2D eigenvalue weighted by atomic mass is 10.2. The summed E-state index contributed by atoms with van der Waals surface area (Å²) in [5.41, 5.74) is 1.12. The van der Waals surface area contributed by atoms with E-state index in [1.165, 1.54) is 0 Å². The first-order chi connectivity index (χ1) is 10.2. The first kappa shape index (κ1) is 15.1. The summed E-state index contributed by atoms with van der Waals surface area (Å²) in [4.78, 5) is 27.3. The first-order valence-electron chi connectivity index (χ1n) is 7.16. The summed E-state index contributed by atoms with van der Waals surface area (Å²) in [6, 6.07) is 9.94. The number of hydrogen-bond acceptors (Lipinski definition) is 2. The van der Waals surface area contributed by atoms with E-state index in [0.717, 1.165) is 5.56 Å². The molecule has 21 heavy (non-hydrogen) atoms. The van der Waals surface area contributed by atoms with Crippen molar-refractivity contribution in [1.82, 2.24) is 15.1 Å². The van der Waals surface area contributed by atoms with Gasteiger partial charge in [0.05, 0.1) is 0 Å². The standard InChI is InChI=1S/C16H21N3O2/c1-2-9-17-15(20)8-10-18-11-12-19(16(18)21)13-14-6-4-3-5-7-14/h2-7H,1,8-13H2,(H,17,20). The number of carbonyl (C=O) groups is 2. The molecule has 0 spiro atoms. The first-order valence-corrected chi connectivity index (χ1v) is 7.16. The van der Waals surface area contributed by atoms with Gasteiger partial charge in [0, 0.05) is 39.1 Å². The fourth-order valence-corrected chi connectivity index (χ4v) is 2.30. The van der Waals surface area contributed by atoms with Crippen LogP contribution in [0.5, 0.6) is 0 Å². The largest absolute Gasteiger partial charge is 0.353 e. The number of nitrogens with one attached hydrogen (secondary N) is 1. The molecule has 2 rings (SSSR count). The van der Waals surface area contributed by atoms with Crippen molar-refractivity contribution in [3.05, 3.63) is 48.6 Å². The minimum absolute atomic E-state index is 0.00961. The number of benzene rings is 1. The summed E-state index contributed by atoms with van der Waals surface area (Å²) in [6.07, 6.45) is 1.97.